The molecule has 0 fully saturated rings. The summed E-state index contributed by atoms with van der Waals surface area (Å²) in [6.07, 6.45) is 0.779. The van der Waals surface area contributed by atoms with E-state index in [1.54, 1.807) is 0 Å². The molecule has 0 aliphatic carbocycles. The van der Waals surface area contributed by atoms with Crippen LogP contribution in [0.4, 0.5) is 0 Å². The zero-order valence-electron chi connectivity index (χ0n) is 21.9. The summed E-state index contributed by atoms with van der Waals surface area (Å²) in [6.45, 7) is 1.46. The summed E-state index contributed by atoms with van der Waals surface area (Å²) in [5, 5.41) is 6.01. The van der Waals surface area contributed by atoms with Gasteiger partial charge in [-0.3, -0.25) is 4.79 Å². The first-order valence-corrected chi connectivity index (χ1v) is 13.7. The molecular weight excluding hydrogens is 518 g/mol. The molecule has 0 aliphatic rings. The van der Waals surface area contributed by atoms with Crippen molar-refractivity contribution in [3.05, 3.63) is 143 Å². The van der Waals surface area contributed by atoms with Gasteiger partial charge in [0.2, 0.25) is 0 Å². The predicted octanol–water partition coefficient (Wildman–Crippen LogP) is 7.44. The lowest BCUT2D eigenvalue weighted by atomic mass is 10.1. The van der Waals surface area contributed by atoms with Crippen LogP contribution in [0.2, 0.25) is 5.02 Å². The molecule has 5 nitrogen and oxygen atoms in total. The molecule has 0 saturated heterocycles. The van der Waals surface area contributed by atoms with Gasteiger partial charge >= 0.3 is 0 Å². The quantitative estimate of drug-likeness (QED) is 0.205. The standard InChI is InChI=1S/C34H28ClN3O2/c35-29-14-10-25(11-15-29)22-38-32-17-13-28(34(39)36-19-18-24-6-2-1-3-7-24)21-31(32)37-33(38)23-40-30-16-12-26-8-4-5-9-27(26)20-30/h1-17,20-21H,18-19,22-23H2,(H,36,39). The Morgan fingerprint density at radius 3 is 2.40 bits per heavy atom. The Labute approximate surface area is 238 Å². The Hall–Kier alpha value is -4.61. The van der Waals surface area contributed by atoms with Crippen molar-refractivity contribution in [3.8, 4) is 5.75 Å². The highest BCUT2D eigenvalue weighted by Crippen LogP contribution is 2.24. The molecule has 1 amide bonds. The maximum absolute atomic E-state index is 12.9. The van der Waals surface area contributed by atoms with Crippen molar-refractivity contribution < 1.29 is 9.53 Å². The van der Waals surface area contributed by atoms with Gasteiger partial charge in [-0.25, -0.2) is 4.98 Å². The molecule has 1 aromatic heterocycles. The molecule has 0 unspecified atom stereocenters. The topological polar surface area (TPSA) is 56.1 Å². The smallest absolute Gasteiger partial charge is 0.251 e. The molecule has 6 aromatic rings. The van der Waals surface area contributed by atoms with Gasteiger partial charge in [0.1, 0.15) is 18.2 Å². The summed E-state index contributed by atoms with van der Waals surface area (Å²) < 4.78 is 8.35. The first kappa shape index (κ1) is 25.7. The van der Waals surface area contributed by atoms with Crippen LogP contribution in [0.5, 0.6) is 5.75 Å². The van der Waals surface area contributed by atoms with E-state index in [-0.39, 0.29) is 5.91 Å². The third-order valence-corrected chi connectivity index (χ3v) is 7.23. The van der Waals surface area contributed by atoms with Crippen molar-refractivity contribution in [2.75, 3.05) is 6.54 Å². The zero-order chi connectivity index (χ0) is 27.3. The number of rotatable bonds is 9. The van der Waals surface area contributed by atoms with Crippen molar-refractivity contribution in [1.29, 1.82) is 0 Å². The molecule has 6 heteroatoms. The van der Waals surface area contributed by atoms with Gasteiger partial charge in [-0.05, 0) is 70.8 Å². The maximum atomic E-state index is 12.9. The van der Waals surface area contributed by atoms with Crippen LogP contribution in [0.3, 0.4) is 0 Å². The number of ether oxygens (including phenoxy) is 1. The maximum Gasteiger partial charge on any atom is 0.251 e. The summed E-state index contributed by atoms with van der Waals surface area (Å²) in [5.74, 6) is 1.45. The monoisotopic (exact) mass is 545 g/mol. The van der Waals surface area contributed by atoms with Gasteiger partial charge in [-0.1, -0.05) is 84.4 Å². The van der Waals surface area contributed by atoms with Crippen LogP contribution in [0.15, 0.2) is 115 Å². The minimum absolute atomic E-state index is 0.112. The number of hydrogen-bond acceptors (Lipinski definition) is 3. The summed E-state index contributed by atoms with van der Waals surface area (Å²) in [4.78, 5) is 17.8. The Balaban J connectivity index is 1.25. The highest BCUT2D eigenvalue weighted by molar-refractivity contribution is 6.30. The number of halogens is 1. The van der Waals surface area contributed by atoms with Gasteiger partial charge in [0.05, 0.1) is 11.0 Å². The van der Waals surface area contributed by atoms with Crippen LogP contribution in [0.25, 0.3) is 21.8 Å². The lowest BCUT2D eigenvalue weighted by molar-refractivity contribution is 0.0954. The lowest BCUT2D eigenvalue weighted by Gasteiger charge is -2.12. The minimum Gasteiger partial charge on any atom is -0.486 e. The van der Waals surface area contributed by atoms with Gasteiger partial charge in [0.25, 0.3) is 5.91 Å². The highest BCUT2D eigenvalue weighted by atomic mass is 35.5. The second-order valence-electron chi connectivity index (χ2n) is 9.73. The van der Waals surface area contributed by atoms with Crippen LogP contribution in [-0.4, -0.2) is 22.0 Å². The van der Waals surface area contributed by atoms with E-state index in [2.05, 4.69) is 40.2 Å². The van der Waals surface area contributed by atoms with Gasteiger partial charge in [-0.15, -0.1) is 0 Å². The van der Waals surface area contributed by atoms with Gasteiger partial charge in [0.15, 0.2) is 0 Å². The van der Waals surface area contributed by atoms with E-state index in [0.717, 1.165) is 40.0 Å². The van der Waals surface area contributed by atoms with Crippen molar-refractivity contribution >= 4 is 39.3 Å². The minimum atomic E-state index is -0.112. The number of carbonyl (C=O) groups is 1. The van der Waals surface area contributed by atoms with Gasteiger partial charge in [-0.2, -0.15) is 0 Å². The summed E-state index contributed by atoms with van der Waals surface area (Å²) in [6, 6.07) is 37.9. The number of carbonyl (C=O) groups excluding carboxylic acids is 1. The average molecular weight is 546 g/mol. The molecule has 0 spiro atoms. The molecule has 198 valence electrons. The van der Waals surface area contributed by atoms with Crippen molar-refractivity contribution in [2.45, 2.75) is 19.6 Å². The first-order chi connectivity index (χ1) is 19.6. The fraction of sp³-hybridized carbons (Fsp3) is 0.118. The zero-order valence-corrected chi connectivity index (χ0v) is 22.6. The third kappa shape index (κ3) is 5.85. The van der Waals surface area contributed by atoms with E-state index in [1.165, 1.54) is 10.9 Å². The Morgan fingerprint density at radius 1 is 0.800 bits per heavy atom. The molecule has 40 heavy (non-hydrogen) atoms. The molecule has 5 aromatic carbocycles. The van der Waals surface area contributed by atoms with Crippen LogP contribution < -0.4 is 10.1 Å². The van der Waals surface area contributed by atoms with Crippen LogP contribution >= 0.6 is 11.6 Å². The van der Waals surface area contributed by atoms with E-state index < -0.39 is 0 Å². The van der Waals surface area contributed by atoms with Crippen molar-refractivity contribution in [3.63, 3.8) is 0 Å². The predicted molar refractivity (Wildman–Crippen MR) is 161 cm³/mol. The average Bonchev–Trinajstić information content (AvgIpc) is 3.33. The molecule has 0 radical (unpaired) electrons. The van der Waals surface area contributed by atoms with E-state index in [1.807, 2.05) is 84.9 Å². The van der Waals surface area contributed by atoms with Crippen molar-refractivity contribution in [2.24, 2.45) is 0 Å². The van der Waals surface area contributed by atoms with Crippen LogP contribution in [-0.2, 0) is 19.6 Å². The Bertz CT molecular complexity index is 1780. The largest absolute Gasteiger partial charge is 0.486 e. The second kappa shape index (κ2) is 11.6. The van der Waals surface area contributed by atoms with Gasteiger partial charge in [0, 0.05) is 23.7 Å². The van der Waals surface area contributed by atoms with E-state index in [0.29, 0.717) is 30.3 Å². The fourth-order valence-corrected chi connectivity index (χ4v) is 4.98. The number of amides is 1. The normalized spacial score (nSPS) is 11.1. The van der Waals surface area contributed by atoms with E-state index in [9.17, 15) is 4.79 Å². The number of fused-ring (bicyclic) bond motifs is 2. The molecule has 0 atom stereocenters. The van der Waals surface area contributed by atoms with Gasteiger partial charge < -0.3 is 14.6 Å². The Morgan fingerprint density at radius 2 is 1.57 bits per heavy atom. The van der Waals surface area contributed by atoms with E-state index in [4.69, 9.17) is 21.3 Å². The third-order valence-electron chi connectivity index (χ3n) is 6.97. The molecular formula is C34H28ClN3O2. The molecule has 0 aliphatic heterocycles. The number of nitrogens with zero attached hydrogens (tertiary/aromatic N) is 2. The number of aromatic nitrogens is 2. The summed E-state index contributed by atoms with van der Waals surface area (Å²) in [5.41, 5.74) is 4.56. The SMILES string of the molecule is O=C(NCCc1ccccc1)c1ccc2c(c1)nc(COc1ccc3ccccc3c1)n2Cc1ccc(Cl)cc1. The lowest BCUT2D eigenvalue weighted by Crippen LogP contribution is -2.25. The number of benzene rings is 5. The number of imidazole rings is 1. The summed E-state index contributed by atoms with van der Waals surface area (Å²) >= 11 is 6.12. The van der Waals surface area contributed by atoms with Crippen LogP contribution in [0, 0.1) is 0 Å². The first-order valence-electron chi connectivity index (χ1n) is 13.3. The van der Waals surface area contributed by atoms with Crippen molar-refractivity contribution in [1.82, 2.24) is 14.9 Å². The second-order valence-corrected chi connectivity index (χ2v) is 10.2. The number of hydrogen-bond donors (Lipinski definition) is 1. The number of nitrogens with one attached hydrogen (secondary N) is 1. The molecule has 0 bridgehead atoms. The fourth-order valence-electron chi connectivity index (χ4n) is 4.85. The molecule has 1 N–H and O–H groups in total. The summed E-state index contributed by atoms with van der Waals surface area (Å²) in [7, 11) is 0. The molecule has 6 rings (SSSR count). The van der Waals surface area contributed by atoms with E-state index >= 15 is 0 Å². The molecule has 1 heterocycles. The van der Waals surface area contributed by atoms with Crippen LogP contribution in [0.1, 0.15) is 27.3 Å². The molecule has 0 saturated carbocycles. The Kier molecular flexibility index (Phi) is 7.47. The highest BCUT2D eigenvalue weighted by Gasteiger charge is 2.15.